The van der Waals surface area contributed by atoms with Gasteiger partial charge in [-0.1, -0.05) is 0 Å². The number of hydrogen-bond donors (Lipinski definition) is 11. The zero-order valence-corrected chi connectivity index (χ0v) is 22.0. The number of benzene rings is 2. The first kappa shape index (κ1) is 30.9. The lowest BCUT2D eigenvalue weighted by atomic mass is 9.89. The van der Waals surface area contributed by atoms with Crippen LogP contribution in [0.2, 0.25) is 0 Å². The van der Waals surface area contributed by atoms with Crippen LogP contribution in [0, 0.1) is 0 Å². The van der Waals surface area contributed by atoms with Crippen LogP contribution in [-0.2, 0) is 9.47 Å². The predicted octanol–water partition coefficient (Wildman–Crippen LogP) is -2.73. The predicted molar refractivity (Wildman–Crippen MR) is 140 cm³/mol. The van der Waals surface area contributed by atoms with E-state index in [9.17, 15) is 61.0 Å². The second kappa shape index (κ2) is 11.9. The molecule has 4 unspecified atom stereocenters. The molecule has 3 aromatic rings. The summed E-state index contributed by atoms with van der Waals surface area (Å²) < 4.78 is 22.5. The highest BCUT2D eigenvalue weighted by molar-refractivity contribution is 5.88. The molecular weight excluding hydrogens is 580 g/mol. The molecule has 10 atom stereocenters. The highest BCUT2D eigenvalue weighted by Gasteiger charge is 2.48. The molecule has 3 heterocycles. The van der Waals surface area contributed by atoms with Crippen molar-refractivity contribution in [3.05, 3.63) is 46.1 Å². The first-order chi connectivity index (χ1) is 20.4. The Kier molecular flexibility index (Phi) is 8.52. The Balaban J connectivity index is 1.69. The van der Waals surface area contributed by atoms with E-state index in [0.717, 1.165) is 24.3 Å². The average Bonchev–Trinajstić information content (AvgIpc) is 2.98. The molecule has 2 saturated heterocycles. The van der Waals surface area contributed by atoms with Gasteiger partial charge in [0.1, 0.15) is 83.2 Å². The van der Waals surface area contributed by atoms with Crippen LogP contribution in [-0.4, -0.2) is 125 Å². The molecule has 0 spiro atoms. The molecule has 2 aliphatic rings. The van der Waals surface area contributed by atoms with Crippen LogP contribution in [0.25, 0.3) is 22.3 Å². The molecule has 11 N–H and O–H groups in total. The molecule has 2 aromatic carbocycles. The number of rotatable bonds is 6. The maximum absolute atomic E-state index is 13.3. The molecule has 0 aliphatic carbocycles. The van der Waals surface area contributed by atoms with Crippen LogP contribution in [0.1, 0.15) is 11.7 Å². The third-order valence-electron chi connectivity index (χ3n) is 7.52. The van der Waals surface area contributed by atoms with Gasteiger partial charge in [0.25, 0.3) is 0 Å². The van der Waals surface area contributed by atoms with Gasteiger partial charge in [-0.05, 0) is 18.2 Å². The number of phenolic OH excluding ortho intramolecular Hbond substituents is 3. The fraction of sp³-hybridized carbons (Fsp3) is 0.444. The Hall–Kier alpha value is -3.55. The molecular formula is C27H30O16. The number of fused-ring (bicyclic) bond motifs is 1. The van der Waals surface area contributed by atoms with Crippen LogP contribution in [0.15, 0.2) is 39.5 Å². The van der Waals surface area contributed by atoms with Crippen LogP contribution in [0.5, 0.6) is 23.0 Å². The standard InChI is InChI=1S/C27H30O16/c28-6-15-19(33)22(36)24(38)26(41-15)18-14(42-27-25(39)23(37)20(34)16(7-29)43-27)5-13-17(21(18)35)11(32)4-12(40-13)8-1-2-9(30)10(31)3-8/h1-5,15-16,19-20,22-31,33-39H,6-7H2/t15?,16?,19-,20+,22+,23+,24?,25?,26+,27-/m1/s1. The molecule has 1 aromatic heterocycles. The Morgan fingerprint density at radius 2 is 1.35 bits per heavy atom. The molecule has 2 aliphatic heterocycles. The molecule has 5 rings (SSSR count). The van der Waals surface area contributed by atoms with E-state index in [2.05, 4.69) is 0 Å². The maximum Gasteiger partial charge on any atom is 0.229 e. The molecule has 16 nitrogen and oxygen atoms in total. The van der Waals surface area contributed by atoms with Crippen molar-refractivity contribution in [1.29, 1.82) is 0 Å². The lowest BCUT2D eigenvalue weighted by molar-refractivity contribution is -0.278. The van der Waals surface area contributed by atoms with Gasteiger partial charge in [0.15, 0.2) is 16.9 Å². The van der Waals surface area contributed by atoms with Crippen molar-refractivity contribution in [2.24, 2.45) is 0 Å². The number of aliphatic hydroxyl groups is 8. The Morgan fingerprint density at radius 1 is 0.721 bits per heavy atom. The second-order valence-corrected chi connectivity index (χ2v) is 10.3. The van der Waals surface area contributed by atoms with Gasteiger partial charge in [0, 0.05) is 17.7 Å². The fourth-order valence-corrected chi connectivity index (χ4v) is 5.12. The third-order valence-corrected chi connectivity index (χ3v) is 7.52. The topological polar surface area (TPSA) is 280 Å². The van der Waals surface area contributed by atoms with Gasteiger partial charge in [0.2, 0.25) is 6.29 Å². The van der Waals surface area contributed by atoms with Gasteiger partial charge < -0.3 is 74.8 Å². The van der Waals surface area contributed by atoms with Crippen molar-refractivity contribution in [3.8, 4) is 34.3 Å². The summed E-state index contributed by atoms with van der Waals surface area (Å²) in [5, 5.41) is 112. The number of aliphatic hydroxyl groups excluding tert-OH is 8. The summed E-state index contributed by atoms with van der Waals surface area (Å²) >= 11 is 0. The number of ether oxygens (including phenoxy) is 3. The number of hydrogen-bond acceptors (Lipinski definition) is 16. The zero-order valence-electron chi connectivity index (χ0n) is 22.0. The van der Waals surface area contributed by atoms with Crippen molar-refractivity contribution >= 4 is 11.0 Å². The highest BCUT2D eigenvalue weighted by Crippen LogP contribution is 2.46. The number of phenols is 3. The Morgan fingerprint density at radius 3 is 1.98 bits per heavy atom. The van der Waals surface area contributed by atoms with Gasteiger partial charge in [-0.15, -0.1) is 0 Å². The van der Waals surface area contributed by atoms with Gasteiger partial charge in [-0.2, -0.15) is 0 Å². The van der Waals surface area contributed by atoms with Crippen molar-refractivity contribution in [2.45, 2.75) is 61.2 Å². The minimum atomic E-state index is -1.97. The van der Waals surface area contributed by atoms with E-state index in [1.165, 1.54) is 6.07 Å². The average molecular weight is 611 g/mol. The smallest absolute Gasteiger partial charge is 0.229 e. The van der Waals surface area contributed by atoms with Crippen molar-refractivity contribution in [1.82, 2.24) is 0 Å². The van der Waals surface area contributed by atoms with Crippen LogP contribution < -0.4 is 10.2 Å². The minimum Gasteiger partial charge on any atom is -0.506 e. The first-order valence-electron chi connectivity index (χ1n) is 13.0. The summed E-state index contributed by atoms with van der Waals surface area (Å²) in [7, 11) is 0. The van der Waals surface area contributed by atoms with E-state index in [0.29, 0.717) is 0 Å². The summed E-state index contributed by atoms with van der Waals surface area (Å²) in [6.45, 7) is -1.63. The van der Waals surface area contributed by atoms with Crippen LogP contribution in [0.4, 0.5) is 0 Å². The third kappa shape index (κ3) is 5.38. The van der Waals surface area contributed by atoms with E-state index in [1.807, 2.05) is 0 Å². The van der Waals surface area contributed by atoms with E-state index in [-0.39, 0.29) is 16.9 Å². The minimum absolute atomic E-state index is 0.133. The molecule has 234 valence electrons. The molecule has 0 radical (unpaired) electrons. The quantitative estimate of drug-likeness (QED) is 0.126. The molecule has 0 saturated carbocycles. The van der Waals surface area contributed by atoms with E-state index in [1.54, 1.807) is 0 Å². The normalized spacial score (nSPS) is 33.0. The summed E-state index contributed by atoms with van der Waals surface area (Å²) in [5.74, 6) is -2.49. The highest BCUT2D eigenvalue weighted by atomic mass is 16.7. The first-order valence-corrected chi connectivity index (χ1v) is 13.0. The van der Waals surface area contributed by atoms with Crippen LogP contribution in [0.3, 0.4) is 0 Å². The molecule has 2 fully saturated rings. The Bertz CT molecular complexity index is 1540. The SMILES string of the molecule is O=c1cc(-c2ccc(O)c(O)c2)oc2cc(O[C@@H]3OC(CO)[C@H](O)[C@H](O)C3O)c([C@@H]3OC(CO)[C@@H](O)[C@H](O)C3O)c(O)c12. The van der Waals surface area contributed by atoms with Crippen molar-refractivity contribution in [2.75, 3.05) is 13.2 Å². The van der Waals surface area contributed by atoms with E-state index < -0.39 is 114 Å². The monoisotopic (exact) mass is 610 g/mol. The molecule has 0 amide bonds. The lowest BCUT2D eigenvalue weighted by Gasteiger charge is -2.42. The van der Waals surface area contributed by atoms with Gasteiger partial charge in [-0.3, -0.25) is 4.79 Å². The molecule has 16 heteroatoms. The molecule has 0 bridgehead atoms. The van der Waals surface area contributed by atoms with Gasteiger partial charge in [0.05, 0.1) is 18.8 Å². The number of aromatic hydroxyl groups is 3. The summed E-state index contributed by atoms with van der Waals surface area (Å²) in [6.07, 6.45) is -17.6. The van der Waals surface area contributed by atoms with Gasteiger partial charge >= 0.3 is 0 Å². The van der Waals surface area contributed by atoms with Gasteiger partial charge in [-0.25, -0.2) is 0 Å². The lowest BCUT2D eigenvalue weighted by Crippen LogP contribution is -2.60. The zero-order chi connectivity index (χ0) is 31.3. The largest absolute Gasteiger partial charge is 0.506 e. The summed E-state index contributed by atoms with van der Waals surface area (Å²) in [6, 6.07) is 5.56. The molecule has 43 heavy (non-hydrogen) atoms. The summed E-state index contributed by atoms with van der Waals surface area (Å²) in [4.78, 5) is 13.3. The Labute approximate surface area is 241 Å². The summed E-state index contributed by atoms with van der Waals surface area (Å²) in [5.41, 5.74) is -1.56. The van der Waals surface area contributed by atoms with Crippen molar-refractivity contribution in [3.63, 3.8) is 0 Å². The fourth-order valence-electron chi connectivity index (χ4n) is 5.12. The van der Waals surface area contributed by atoms with E-state index in [4.69, 9.17) is 18.6 Å². The van der Waals surface area contributed by atoms with Crippen molar-refractivity contribution < 1.29 is 74.8 Å². The van der Waals surface area contributed by atoms with E-state index >= 15 is 0 Å². The second-order valence-electron chi connectivity index (χ2n) is 10.3. The van der Waals surface area contributed by atoms with Crippen LogP contribution >= 0.6 is 0 Å². The maximum atomic E-state index is 13.3.